The molecule has 1 aromatic carbocycles. The van der Waals surface area contributed by atoms with Crippen molar-refractivity contribution in [3.63, 3.8) is 0 Å². The lowest BCUT2D eigenvalue weighted by Crippen LogP contribution is -3.06. The van der Waals surface area contributed by atoms with Gasteiger partial charge in [0.2, 0.25) is 5.91 Å². The first kappa shape index (κ1) is 16.3. The minimum absolute atomic E-state index is 0.0934. The zero-order valence-corrected chi connectivity index (χ0v) is 14.1. The molecule has 1 saturated heterocycles. The molecule has 1 aromatic rings. The lowest BCUT2D eigenvalue weighted by Gasteiger charge is -2.43. The Balaban J connectivity index is 1.94. The highest BCUT2D eigenvalue weighted by molar-refractivity contribution is 6.30. The molecule has 3 nitrogen and oxygen atoms in total. The van der Waals surface area contributed by atoms with Gasteiger partial charge < -0.3 is 10.6 Å². The molecule has 0 bridgehead atoms. The second-order valence-corrected chi connectivity index (χ2v) is 8.03. The SMILES string of the molecule is CC1(C)CC(NC(=O)Cc2ccc(Cl)cc2)CC(C)(C)[NH2+]1. The smallest absolute Gasteiger partial charge is 0.224 e. The predicted molar refractivity (Wildman–Crippen MR) is 86.4 cm³/mol. The number of piperidine rings is 1. The van der Waals surface area contributed by atoms with Gasteiger partial charge in [0.1, 0.15) is 0 Å². The van der Waals surface area contributed by atoms with Crippen molar-refractivity contribution >= 4 is 17.5 Å². The van der Waals surface area contributed by atoms with Crippen LogP contribution in [0.5, 0.6) is 0 Å². The van der Waals surface area contributed by atoms with Crippen molar-refractivity contribution in [2.24, 2.45) is 0 Å². The zero-order valence-electron chi connectivity index (χ0n) is 13.4. The molecule has 1 amide bonds. The quantitative estimate of drug-likeness (QED) is 0.884. The molecule has 0 atom stereocenters. The molecular formula is C17H26ClN2O+. The number of benzene rings is 1. The topological polar surface area (TPSA) is 45.7 Å². The summed E-state index contributed by atoms with van der Waals surface area (Å²) >= 11 is 5.86. The van der Waals surface area contributed by atoms with Gasteiger partial charge in [-0.3, -0.25) is 4.79 Å². The first-order valence-electron chi connectivity index (χ1n) is 7.56. The summed E-state index contributed by atoms with van der Waals surface area (Å²) in [6, 6.07) is 7.71. The Morgan fingerprint density at radius 2 is 1.71 bits per heavy atom. The van der Waals surface area contributed by atoms with Gasteiger partial charge in [0.05, 0.1) is 17.5 Å². The van der Waals surface area contributed by atoms with Gasteiger partial charge in [-0.25, -0.2) is 0 Å². The minimum atomic E-state index is 0.0934. The maximum Gasteiger partial charge on any atom is 0.224 e. The van der Waals surface area contributed by atoms with Crippen molar-refractivity contribution in [2.45, 2.75) is 64.1 Å². The number of quaternary nitrogens is 1. The van der Waals surface area contributed by atoms with Crippen LogP contribution in [0.1, 0.15) is 46.1 Å². The summed E-state index contributed by atoms with van der Waals surface area (Å²) < 4.78 is 0. The number of nitrogens with two attached hydrogens (primary N) is 1. The molecule has 1 heterocycles. The average Bonchev–Trinajstić information content (AvgIpc) is 2.27. The van der Waals surface area contributed by atoms with E-state index < -0.39 is 0 Å². The Labute approximate surface area is 132 Å². The van der Waals surface area contributed by atoms with E-state index in [2.05, 4.69) is 38.3 Å². The molecule has 21 heavy (non-hydrogen) atoms. The maximum absolute atomic E-state index is 12.2. The summed E-state index contributed by atoms with van der Waals surface area (Å²) in [5.74, 6) is 0.0934. The fourth-order valence-electron chi connectivity index (χ4n) is 3.69. The molecule has 4 heteroatoms. The molecule has 116 valence electrons. The number of hydrogen-bond donors (Lipinski definition) is 2. The molecule has 2 rings (SSSR count). The van der Waals surface area contributed by atoms with Crippen molar-refractivity contribution in [1.29, 1.82) is 0 Å². The Morgan fingerprint density at radius 1 is 1.19 bits per heavy atom. The summed E-state index contributed by atoms with van der Waals surface area (Å²) in [7, 11) is 0. The number of hydrogen-bond acceptors (Lipinski definition) is 1. The number of carbonyl (C=O) groups excluding carboxylic acids is 1. The molecule has 1 fully saturated rings. The molecule has 0 radical (unpaired) electrons. The van der Waals surface area contributed by atoms with Crippen LogP contribution in [0, 0.1) is 0 Å². The highest BCUT2D eigenvalue weighted by Gasteiger charge is 2.41. The van der Waals surface area contributed by atoms with E-state index in [1.807, 2.05) is 24.3 Å². The molecule has 1 aliphatic heterocycles. The van der Waals surface area contributed by atoms with Crippen molar-refractivity contribution < 1.29 is 10.1 Å². The maximum atomic E-state index is 12.2. The van der Waals surface area contributed by atoms with Crippen molar-refractivity contribution in [2.75, 3.05) is 0 Å². The molecule has 3 N–H and O–H groups in total. The van der Waals surface area contributed by atoms with Crippen LogP contribution in [0.3, 0.4) is 0 Å². The summed E-state index contributed by atoms with van der Waals surface area (Å²) in [4.78, 5) is 12.2. The molecule has 0 unspecified atom stereocenters. The van der Waals surface area contributed by atoms with Crippen LogP contribution < -0.4 is 10.6 Å². The van der Waals surface area contributed by atoms with E-state index in [-0.39, 0.29) is 23.0 Å². The highest BCUT2D eigenvalue weighted by Crippen LogP contribution is 2.21. The lowest BCUT2D eigenvalue weighted by molar-refractivity contribution is -0.787. The number of carbonyl (C=O) groups is 1. The summed E-state index contributed by atoms with van der Waals surface area (Å²) in [5, 5.41) is 6.32. The Bertz CT molecular complexity index is 492. The molecule has 1 aliphatic rings. The van der Waals surface area contributed by atoms with Gasteiger partial charge in [0.15, 0.2) is 0 Å². The Kier molecular flexibility index (Phi) is 4.64. The molecule has 0 aromatic heterocycles. The van der Waals surface area contributed by atoms with Crippen LogP contribution in [0.4, 0.5) is 0 Å². The normalized spacial score (nSPS) is 21.0. The fourth-order valence-corrected chi connectivity index (χ4v) is 3.81. The van der Waals surface area contributed by atoms with Gasteiger partial charge in [0, 0.05) is 23.9 Å². The first-order valence-corrected chi connectivity index (χ1v) is 7.94. The third-order valence-electron chi connectivity index (χ3n) is 3.97. The third-order valence-corrected chi connectivity index (χ3v) is 4.22. The van der Waals surface area contributed by atoms with E-state index in [0.29, 0.717) is 11.4 Å². The summed E-state index contributed by atoms with van der Waals surface area (Å²) in [6.07, 6.45) is 2.42. The number of rotatable bonds is 3. The van der Waals surface area contributed by atoms with Gasteiger partial charge in [-0.2, -0.15) is 0 Å². The number of amides is 1. The molecule has 0 saturated carbocycles. The van der Waals surface area contributed by atoms with Crippen molar-refractivity contribution in [3.8, 4) is 0 Å². The largest absolute Gasteiger partial charge is 0.353 e. The van der Waals surface area contributed by atoms with E-state index in [1.54, 1.807) is 0 Å². The van der Waals surface area contributed by atoms with E-state index in [4.69, 9.17) is 11.6 Å². The number of nitrogens with one attached hydrogen (secondary N) is 1. The minimum Gasteiger partial charge on any atom is -0.353 e. The monoisotopic (exact) mass is 309 g/mol. The second-order valence-electron chi connectivity index (χ2n) is 7.60. The predicted octanol–water partition coefficient (Wildman–Crippen LogP) is 2.28. The molecule has 0 aliphatic carbocycles. The zero-order chi connectivity index (χ0) is 15.7. The highest BCUT2D eigenvalue weighted by atomic mass is 35.5. The van der Waals surface area contributed by atoms with E-state index in [0.717, 1.165) is 18.4 Å². The summed E-state index contributed by atoms with van der Waals surface area (Å²) in [6.45, 7) is 8.97. The van der Waals surface area contributed by atoms with Crippen LogP contribution in [0.15, 0.2) is 24.3 Å². The molecular weight excluding hydrogens is 284 g/mol. The fraction of sp³-hybridized carbons (Fsp3) is 0.588. The van der Waals surface area contributed by atoms with Gasteiger partial charge in [-0.05, 0) is 45.4 Å². The van der Waals surface area contributed by atoms with Crippen molar-refractivity contribution in [1.82, 2.24) is 5.32 Å². The van der Waals surface area contributed by atoms with Gasteiger partial charge in [-0.1, -0.05) is 23.7 Å². The summed E-state index contributed by atoms with van der Waals surface area (Å²) in [5.41, 5.74) is 1.33. The van der Waals surface area contributed by atoms with Gasteiger partial charge >= 0.3 is 0 Å². The van der Waals surface area contributed by atoms with Crippen LogP contribution in [-0.4, -0.2) is 23.0 Å². The third kappa shape index (κ3) is 5.01. The van der Waals surface area contributed by atoms with E-state index in [1.165, 1.54) is 0 Å². The second kappa shape index (κ2) is 5.98. The van der Waals surface area contributed by atoms with Crippen LogP contribution in [-0.2, 0) is 11.2 Å². The van der Waals surface area contributed by atoms with Gasteiger partial charge in [-0.15, -0.1) is 0 Å². The average molecular weight is 310 g/mol. The van der Waals surface area contributed by atoms with Crippen LogP contribution >= 0.6 is 11.6 Å². The van der Waals surface area contributed by atoms with E-state index >= 15 is 0 Å². The van der Waals surface area contributed by atoms with E-state index in [9.17, 15) is 4.79 Å². The van der Waals surface area contributed by atoms with Gasteiger partial charge in [0.25, 0.3) is 0 Å². The van der Waals surface area contributed by atoms with Crippen molar-refractivity contribution in [3.05, 3.63) is 34.9 Å². The lowest BCUT2D eigenvalue weighted by atomic mass is 9.79. The first-order chi connectivity index (χ1) is 9.65. The van der Waals surface area contributed by atoms with Crippen LogP contribution in [0.2, 0.25) is 5.02 Å². The number of halogens is 1. The Morgan fingerprint density at radius 3 is 2.24 bits per heavy atom. The Hall–Kier alpha value is -1.06. The standard InChI is InChI=1S/C17H25ClN2O/c1-16(2)10-14(11-17(3,4)20-16)19-15(21)9-12-5-7-13(18)8-6-12/h5-8,14,20H,9-11H2,1-4H3,(H,19,21)/p+1. The van der Waals surface area contributed by atoms with Crippen LogP contribution in [0.25, 0.3) is 0 Å². The molecule has 0 spiro atoms.